The highest BCUT2D eigenvalue weighted by Gasteiger charge is 2.27. The van der Waals surface area contributed by atoms with Gasteiger partial charge in [0.2, 0.25) is 5.01 Å². The number of esters is 1. The van der Waals surface area contributed by atoms with Gasteiger partial charge in [-0.3, -0.25) is 0 Å². The summed E-state index contributed by atoms with van der Waals surface area (Å²) in [6.07, 6.45) is -6.42. The molecule has 0 spiro atoms. The number of carbonyl (C=O) groups is 1. The molecule has 142 valence electrons. The van der Waals surface area contributed by atoms with E-state index in [1.807, 2.05) is 5.32 Å². The van der Waals surface area contributed by atoms with Gasteiger partial charge in [0.1, 0.15) is 12.4 Å². The summed E-state index contributed by atoms with van der Waals surface area (Å²) in [7, 11) is 0. The number of nitrogens with one attached hydrogen (secondary N) is 1. The van der Waals surface area contributed by atoms with E-state index in [1.165, 1.54) is 6.92 Å². The molecule has 0 saturated heterocycles. The minimum absolute atomic E-state index is 0.00107. The molecule has 0 atom stereocenters. The van der Waals surface area contributed by atoms with Crippen molar-refractivity contribution in [1.82, 2.24) is 9.97 Å². The standard InChI is InChI=1S/C15H14F5N3O2S/c1-3-25-14(24)13-23-7(2)11(26-13)9-5-21-10(4-8(9)12(16)17)22-6-15(18,19)20/h4-5,12H,3,6H2,1-2H3,(H,21,22). The highest BCUT2D eigenvalue weighted by molar-refractivity contribution is 7.17. The Balaban J connectivity index is 2.39. The second-order valence-electron chi connectivity index (χ2n) is 5.08. The van der Waals surface area contributed by atoms with Crippen molar-refractivity contribution in [2.75, 3.05) is 18.5 Å². The van der Waals surface area contributed by atoms with Gasteiger partial charge in [0.25, 0.3) is 6.43 Å². The van der Waals surface area contributed by atoms with E-state index < -0.39 is 30.7 Å². The van der Waals surface area contributed by atoms with E-state index in [9.17, 15) is 26.7 Å². The second kappa shape index (κ2) is 7.94. The Morgan fingerprint density at radius 3 is 2.65 bits per heavy atom. The molecule has 1 N–H and O–H groups in total. The summed E-state index contributed by atoms with van der Waals surface area (Å²) >= 11 is 0.856. The lowest BCUT2D eigenvalue weighted by Crippen LogP contribution is -2.21. The first-order valence-corrected chi connectivity index (χ1v) is 8.17. The van der Waals surface area contributed by atoms with E-state index in [1.54, 1.807) is 6.92 Å². The van der Waals surface area contributed by atoms with Crippen molar-refractivity contribution in [3.05, 3.63) is 28.5 Å². The van der Waals surface area contributed by atoms with Gasteiger partial charge in [-0.1, -0.05) is 0 Å². The van der Waals surface area contributed by atoms with Crippen molar-refractivity contribution in [2.45, 2.75) is 26.4 Å². The SMILES string of the molecule is CCOC(=O)c1nc(C)c(-c2cnc(NCC(F)(F)F)cc2C(F)F)s1. The third-order valence-corrected chi connectivity index (χ3v) is 4.30. The molecule has 2 aromatic heterocycles. The topological polar surface area (TPSA) is 64.1 Å². The summed E-state index contributed by atoms with van der Waals surface area (Å²) in [4.78, 5) is 19.8. The summed E-state index contributed by atoms with van der Waals surface area (Å²) < 4.78 is 68.4. The third-order valence-electron chi connectivity index (χ3n) is 3.13. The first kappa shape index (κ1) is 20.0. The molecule has 0 bridgehead atoms. The average Bonchev–Trinajstić information content (AvgIpc) is 2.94. The molecule has 2 heterocycles. The Kier molecular flexibility index (Phi) is 6.11. The van der Waals surface area contributed by atoms with Crippen LogP contribution in [-0.2, 0) is 4.74 Å². The zero-order valence-corrected chi connectivity index (χ0v) is 14.5. The lowest BCUT2D eigenvalue weighted by molar-refractivity contribution is -0.115. The number of pyridine rings is 1. The van der Waals surface area contributed by atoms with Crippen molar-refractivity contribution in [1.29, 1.82) is 0 Å². The predicted octanol–water partition coefficient (Wildman–Crippen LogP) is 4.60. The average molecular weight is 395 g/mol. The van der Waals surface area contributed by atoms with E-state index in [0.29, 0.717) is 5.69 Å². The third kappa shape index (κ3) is 4.87. The zero-order chi connectivity index (χ0) is 19.5. The quantitative estimate of drug-likeness (QED) is 0.572. The lowest BCUT2D eigenvalue weighted by atomic mass is 10.1. The maximum Gasteiger partial charge on any atom is 0.405 e. The largest absolute Gasteiger partial charge is 0.461 e. The number of aromatic nitrogens is 2. The number of ether oxygens (including phenoxy) is 1. The van der Waals surface area contributed by atoms with Gasteiger partial charge in [-0.15, -0.1) is 11.3 Å². The van der Waals surface area contributed by atoms with Crippen LogP contribution in [0, 0.1) is 6.92 Å². The highest BCUT2D eigenvalue weighted by atomic mass is 32.1. The van der Waals surface area contributed by atoms with Crippen LogP contribution in [0.2, 0.25) is 0 Å². The van der Waals surface area contributed by atoms with Gasteiger partial charge < -0.3 is 10.1 Å². The van der Waals surface area contributed by atoms with Crippen LogP contribution in [0.25, 0.3) is 10.4 Å². The number of anilines is 1. The summed E-state index contributed by atoms with van der Waals surface area (Å²) in [5.41, 5.74) is -0.187. The van der Waals surface area contributed by atoms with Crippen LogP contribution in [0.5, 0.6) is 0 Å². The van der Waals surface area contributed by atoms with Crippen molar-refractivity contribution in [3.63, 3.8) is 0 Å². The molecule has 0 aliphatic heterocycles. The lowest BCUT2D eigenvalue weighted by Gasteiger charge is -2.12. The maximum absolute atomic E-state index is 13.4. The molecule has 0 unspecified atom stereocenters. The first-order valence-electron chi connectivity index (χ1n) is 7.36. The van der Waals surface area contributed by atoms with E-state index in [0.717, 1.165) is 23.6 Å². The molecule has 0 saturated carbocycles. The van der Waals surface area contributed by atoms with Crippen LogP contribution < -0.4 is 5.32 Å². The number of halogens is 5. The van der Waals surface area contributed by atoms with Crippen LogP contribution in [0.15, 0.2) is 12.3 Å². The number of thiazole rings is 1. The molecule has 26 heavy (non-hydrogen) atoms. The minimum atomic E-state index is -4.51. The van der Waals surface area contributed by atoms with Crippen LogP contribution in [0.3, 0.4) is 0 Å². The van der Waals surface area contributed by atoms with E-state index >= 15 is 0 Å². The highest BCUT2D eigenvalue weighted by Crippen LogP contribution is 2.37. The summed E-state index contributed by atoms with van der Waals surface area (Å²) in [5, 5.41) is 1.96. The summed E-state index contributed by atoms with van der Waals surface area (Å²) in [6.45, 7) is 1.88. The van der Waals surface area contributed by atoms with E-state index in [4.69, 9.17) is 4.74 Å². The fourth-order valence-electron chi connectivity index (χ4n) is 2.06. The van der Waals surface area contributed by atoms with Gasteiger partial charge in [-0.25, -0.2) is 23.5 Å². The number of hydrogen-bond donors (Lipinski definition) is 1. The second-order valence-corrected chi connectivity index (χ2v) is 6.08. The van der Waals surface area contributed by atoms with E-state index in [2.05, 4.69) is 9.97 Å². The molecule has 0 fully saturated rings. The number of aryl methyl sites for hydroxylation is 1. The number of nitrogens with zero attached hydrogens (tertiary/aromatic N) is 2. The van der Waals surface area contributed by atoms with Crippen LogP contribution in [0.4, 0.5) is 27.8 Å². The molecule has 0 aliphatic rings. The smallest absolute Gasteiger partial charge is 0.405 e. The Hall–Kier alpha value is -2.30. The molecule has 2 aromatic rings. The van der Waals surface area contributed by atoms with Crippen molar-refractivity contribution in [3.8, 4) is 10.4 Å². The fraction of sp³-hybridized carbons (Fsp3) is 0.400. The van der Waals surface area contributed by atoms with Gasteiger partial charge in [-0.2, -0.15) is 13.2 Å². The molecule has 2 rings (SSSR count). The Morgan fingerprint density at radius 1 is 1.38 bits per heavy atom. The Morgan fingerprint density at radius 2 is 2.08 bits per heavy atom. The zero-order valence-electron chi connectivity index (χ0n) is 13.7. The molecule has 0 aromatic carbocycles. The number of alkyl halides is 5. The van der Waals surface area contributed by atoms with Gasteiger partial charge >= 0.3 is 12.1 Å². The summed E-state index contributed by atoms with van der Waals surface area (Å²) in [6, 6.07) is 0.856. The molecule has 0 amide bonds. The molecular formula is C15H14F5N3O2S. The molecule has 11 heteroatoms. The van der Waals surface area contributed by atoms with Crippen LogP contribution in [-0.4, -0.2) is 35.3 Å². The van der Waals surface area contributed by atoms with Crippen molar-refractivity contribution >= 4 is 23.1 Å². The monoisotopic (exact) mass is 395 g/mol. The molecular weight excluding hydrogens is 381 g/mol. The summed E-state index contributed by atoms with van der Waals surface area (Å²) in [5.74, 6) is -1.00. The van der Waals surface area contributed by atoms with Gasteiger partial charge in [0.05, 0.1) is 17.2 Å². The molecule has 0 aliphatic carbocycles. The minimum Gasteiger partial charge on any atom is -0.461 e. The number of carbonyl (C=O) groups excluding carboxylic acids is 1. The van der Waals surface area contributed by atoms with Gasteiger partial charge in [0.15, 0.2) is 0 Å². The Bertz CT molecular complexity index is 792. The molecule has 5 nitrogen and oxygen atoms in total. The maximum atomic E-state index is 13.4. The van der Waals surface area contributed by atoms with E-state index in [-0.39, 0.29) is 27.9 Å². The predicted molar refractivity (Wildman–Crippen MR) is 85.5 cm³/mol. The number of hydrogen-bond acceptors (Lipinski definition) is 6. The number of rotatable bonds is 6. The normalized spacial score (nSPS) is 11.7. The van der Waals surface area contributed by atoms with Crippen molar-refractivity contribution in [2.24, 2.45) is 0 Å². The molecule has 0 radical (unpaired) electrons. The van der Waals surface area contributed by atoms with Crippen molar-refractivity contribution < 1.29 is 31.5 Å². The van der Waals surface area contributed by atoms with Crippen LogP contribution >= 0.6 is 11.3 Å². The van der Waals surface area contributed by atoms with Crippen LogP contribution in [0.1, 0.15) is 34.4 Å². The first-order chi connectivity index (χ1) is 12.1. The Labute approximate surface area is 149 Å². The van der Waals surface area contributed by atoms with Gasteiger partial charge in [0, 0.05) is 17.3 Å². The van der Waals surface area contributed by atoms with Gasteiger partial charge in [-0.05, 0) is 19.9 Å². The fourth-order valence-corrected chi connectivity index (χ4v) is 3.05.